The first kappa shape index (κ1) is 16.3. The van der Waals surface area contributed by atoms with Crippen molar-refractivity contribution >= 4 is 0 Å². The van der Waals surface area contributed by atoms with Crippen molar-refractivity contribution in [3.8, 4) is 11.1 Å². The van der Waals surface area contributed by atoms with Gasteiger partial charge < -0.3 is 0 Å². The minimum atomic E-state index is 0.180. The number of hydrogen-bond acceptors (Lipinski definition) is 0. The average Bonchev–Trinajstić information content (AvgIpc) is 2.70. The Balaban J connectivity index is 2.23. The van der Waals surface area contributed by atoms with Gasteiger partial charge >= 0.3 is 0 Å². The Morgan fingerprint density at radius 2 is 0.913 bits per heavy atom. The summed E-state index contributed by atoms with van der Waals surface area (Å²) in [5, 5.41) is 0. The lowest BCUT2D eigenvalue weighted by atomic mass is 9.80. The third-order valence-electron chi connectivity index (χ3n) is 5.01. The molecule has 0 N–H and O–H groups in total. The third-order valence-corrected chi connectivity index (χ3v) is 5.01. The van der Waals surface area contributed by atoms with Crippen LogP contribution < -0.4 is 0 Å². The van der Waals surface area contributed by atoms with Gasteiger partial charge in [0.25, 0.3) is 0 Å². The van der Waals surface area contributed by atoms with Gasteiger partial charge in [0, 0.05) is 6.42 Å². The molecule has 0 amide bonds. The molecule has 2 aromatic rings. The molecular weight excluding hydrogens is 276 g/mol. The minimum Gasteiger partial charge on any atom is -0.0561 e. The van der Waals surface area contributed by atoms with Crippen LogP contribution in [0.3, 0.4) is 0 Å². The van der Waals surface area contributed by atoms with E-state index in [0.29, 0.717) is 0 Å². The second-order valence-corrected chi connectivity index (χ2v) is 9.15. The zero-order valence-corrected chi connectivity index (χ0v) is 15.9. The van der Waals surface area contributed by atoms with Crippen molar-refractivity contribution in [2.45, 2.75) is 66.2 Å². The zero-order chi connectivity index (χ0) is 17.2. The molecule has 23 heavy (non-hydrogen) atoms. The summed E-state index contributed by atoms with van der Waals surface area (Å²) in [6, 6.07) is 9.58. The molecule has 1 aliphatic carbocycles. The molecule has 0 saturated carbocycles. The van der Waals surface area contributed by atoms with Crippen molar-refractivity contribution in [1.82, 2.24) is 0 Å². The van der Waals surface area contributed by atoms with Crippen LogP contribution in [-0.2, 0) is 10.8 Å². The van der Waals surface area contributed by atoms with E-state index in [-0.39, 0.29) is 10.8 Å². The lowest BCUT2D eigenvalue weighted by Gasteiger charge is -2.24. The fraction of sp³-hybridized carbons (Fsp3) is 0.435. The highest BCUT2D eigenvalue weighted by atomic mass is 14.3. The first-order chi connectivity index (χ1) is 10.5. The van der Waals surface area contributed by atoms with Crippen LogP contribution in [0.2, 0.25) is 0 Å². The van der Waals surface area contributed by atoms with E-state index in [1.54, 1.807) is 0 Å². The quantitative estimate of drug-likeness (QED) is 0.446. The molecular formula is C23H29. The Hall–Kier alpha value is -1.56. The molecule has 0 fully saturated rings. The second kappa shape index (κ2) is 4.97. The van der Waals surface area contributed by atoms with Crippen molar-refractivity contribution in [3.63, 3.8) is 0 Å². The molecule has 0 aromatic heterocycles. The van der Waals surface area contributed by atoms with E-state index in [1.807, 2.05) is 0 Å². The Morgan fingerprint density at radius 1 is 0.565 bits per heavy atom. The molecule has 0 unspecified atom stereocenters. The summed E-state index contributed by atoms with van der Waals surface area (Å²) in [7, 11) is 0. The van der Waals surface area contributed by atoms with E-state index in [4.69, 9.17) is 0 Å². The van der Waals surface area contributed by atoms with Gasteiger partial charge in [-0.2, -0.15) is 0 Å². The van der Waals surface area contributed by atoms with Crippen molar-refractivity contribution in [3.05, 3.63) is 64.1 Å². The predicted octanol–water partition coefficient (Wildman–Crippen LogP) is 6.48. The van der Waals surface area contributed by atoms with Crippen LogP contribution >= 0.6 is 0 Å². The number of rotatable bonds is 0. The van der Waals surface area contributed by atoms with Gasteiger partial charge in [-0.05, 0) is 69.2 Å². The van der Waals surface area contributed by atoms with Crippen LogP contribution in [0.5, 0.6) is 0 Å². The van der Waals surface area contributed by atoms with E-state index in [1.165, 1.54) is 44.5 Å². The van der Waals surface area contributed by atoms with Gasteiger partial charge in [0.15, 0.2) is 0 Å². The molecule has 0 nitrogen and oxygen atoms in total. The number of aryl methyl sites for hydroxylation is 2. The van der Waals surface area contributed by atoms with Crippen molar-refractivity contribution in [1.29, 1.82) is 0 Å². The van der Waals surface area contributed by atoms with E-state index in [9.17, 15) is 0 Å². The molecule has 3 rings (SSSR count). The number of hydrogen-bond donors (Lipinski definition) is 0. The van der Waals surface area contributed by atoms with Gasteiger partial charge in [-0.15, -0.1) is 0 Å². The van der Waals surface area contributed by atoms with Crippen molar-refractivity contribution in [2.75, 3.05) is 0 Å². The van der Waals surface area contributed by atoms with E-state index < -0.39 is 0 Å². The smallest absolute Gasteiger partial charge is 0.0212 e. The standard InChI is InChI=1S/C23H29/c1-14-9-16-11-17-10-15(2)21(23(6,7)8)13-19(17)18(16)12-20(14)22(3,4)5/h9-13H,1-8H3. The molecule has 0 saturated heterocycles. The molecule has 0 atom stereocenters. The summed E-state index contributed by atoms with van der Waals surface area (Å²) in [5.74, 6) is 0. The van der Waals surface area contributed by atoms with Crippen molar-refractivity contribution < 1.29 is 0 Å². The van der Waals surface area contributed by atoms with Crippen LogP contribution in [0, 0.1) is 20.3 Å². The second-order valence-electron chi connectivity index (χ2n) is 9.15. The minimum absolute atomic E-state index is 0.180. The maximum Gasteiger partial charge on any atom is 0.0212 e. The van der Waals surface area contributed by atoms with Crippen LogP contribution in [0.1, 0.15) is 74.9 Å². The lowest BCUT2D eigenvalue weighted by Crippen LogP contribution is -2.14. The lowest BCUT2D eigenvalue weighted by molar-refractivity contribution is 0.585. The topological polar surface area (TPSA) is 0 Å². The molecule has 0 heterocycles. The molecule has 2 aromatic carbocycles. The van der Waals surface area contributed by atoms with E-state index in [0.717, 1.165) is 0 Å². The van der Waals surface area contributed by atoms with Crippen molar-refractivity contribution in [2.24, 2.45) is 0 Å². The van der Waals surface area contributed by atoms with Crippen LogP contribution in [0.15, 0.2) is 24.3 Å². The third kappa shape index (κ3) is 2.73. The molecule has 1 radical (unpaired) electrons. The summed E-state index contributed by atoms with van der Waals surface area (Å²) >= 11 is 0. The summed E-state index contributed by atoms with van der Waals surface area (Å²) in [4.78, 5) is 0. The fourth-order valence-corrected chi connectivity index (χ4v) is 3.95. The first-order valence-corrected chi connectivity index (χ1v) is 8.64. The molecule has 0 aliphatic heterocycles. The van der Waals surface area contributed by atoms with E-state index >= 15 is 0 Å². The van der Waals surface area contributed by atoms with Gasteiger partial charge in [-0.3, -0.25) is 0 Å². The molecule has 0 spiro atoms. The number of fused-ring (bicyclic) bond motifs is 3. The fourth-order valence-electron chi connectivity index (χ4n) is 3.95. The monoisotopic (exact) mass is 305 g/mol. The highest BCUT2D eigenvalue weighted by molar-refractivity contribution is 5.83. The first-order valence-electron chi connectivity index (χ1n) is 8.64. The van der Waals surface area contributed by atoms with Crippen LogP contribution in [0.4, 0.5) is 0 Å². The van der Waals surface area contributed by atoms with Gasteiger partial charge in [-0.25, -0.2) is 0 Å². The van der Waals surface area contributed by atoms with Gasteiger partial charge in [0.1, 0.15) is 0 Å². The normalized spacial score (nSPS) is 13.9. The number of benzene rings is 2. The SMILES string of the molecule is Cc1cc2c(cc1C(C)(C)C)-c1cc(C(C)(C)C)c(C)cc1[CH]2. The maximum absolute atomic E-state index is 2.43. The highest BCUT2D eigenvalue weighted by Crippen LogP contribution is 2.44. The van der Waals surface area contributed by atoms with Gasteiger partial charge in [0.05, 0.1) is 0 Å². The summed E-state index contributed by atoms with van der Waals surface area (Å²) in [6.07, 6.45) is 2.35. The van der Waals surface area contributed by atoms with Crippen LogP contribution in [0.25, 0.3) is 11.1 Å². The Kier molecular flexibility index (Phi) is 3.52. The molecule has 0 heteroatoms. The van der Waals surface area contributed by atoms with Gasteiger partial charge in [0.2, 0.25) is 0 Å². The maximum atomic E-state index is 2.43. The Bertz CT molecular complexity index is 710. The zero-order valence-electron chi connectivity index (χ0n) is 15.9. The van der Waals surface area contributed by atoms with Gasteiger partial charge in [-0.1, -0.05) is 65.8 Å². The average molecular weight is 305 g/mol. The molecule has 1 aliphatic rings. The summed E-state index contributed by atoms with van der Waals surface area (Å²) in [6.45, 7) is 18.3. The molecule has 0 bridgehead atoms. The largest absolute Gasteiger partial charge is 0.0561 e. The van der Waals surface area contributed by atoms with E-state index in [2.05, 4.69) is 86.1 Å². The molecule has 121 valence electrons. The Labute approximate surface area is 141 Å². The highest BCUT2D eigenvalue weighted by Gasteiger charge is 2.26. The predicted molar refractivity (Wildman–Crippen MR) is 101 cm³/mol. The summed E-state index contributed by atoms with van der Waals surface area (Å²) in [5.41, 5.74) is 11.6. The summed E-state index contributed by atoms with van der Waals surface area (Å²) < 4.78 is 0. The van der Waals surface area contributed by atoms with Crippen LogP contribution in [-0.4, -0.2) is 0 Å². The Morgan fingerprint density at radius 3 is 1.22 bits per heavy atom.